The number of halogens is 3. The third kappa shape index (κ3) is 4.30. The van der Waals surface area contributed by atoms with Gasteiger partial charge in [0.15, 0.2) is 4.88 Å². The van der Waals surface area contributed by atoms with Gasteiger partial charge in [-0.15, -0.1) is 11.3 Å². The number of pyridine rings is 1. The van der Waals surface area contributed by atoms with Crippen LogP contribution in [0.5, 0.6) is 5.88 Å². The molecular formula is C14H13F3N2O5S2. The molecule has 142 valence electrons. The van der Waals surface area contributed by atoms with Crippen LogP contribution in [0.15, 0.2) is 18.3 Å². The van der Waals surface area contributed by atoms with Crippen LogP contribution in [-0.4, -0.2) is 36.5 Å². The van der Waals surface area contributed by atoms with Crippen LogP contribution in [0, 0.1) is 0 Å². The summed E-state index contributed by atoms with van der Waals surface area (Å²) in [7, 11) is -5.98. The van der Waals surface area contributed by atoms with Crippen LogP contribution in [0.2, 0.25) is 0 Å². The largest absolute Gasteiger partial charge is 0.534 e. The van der Waals surface area contributed by atoms with Crippen molar-refractivity contribution in [1.29, 1.82) is 0 Å². The number of hydrogen-bond acceptors (Lipinski definition) is 8. The highest BCUT2D eigenvalue weighted by atomic mass is 32.2. The summed E-state index contributed by atoms with van der Waals surface area (Å²) >= 11 is 0.661. The third-order valence-corrected chi connectivity index (χ3v) is 4.96. The number of thiazole rings is 1. The van der Waals surface area contributed by atoms with Gasteiger partial charge >= 0.3 is 21.6 Å². The van der Waals surface area contributed by atoms with Gasteiger partial charge in [0.2, 0.25) is 0 Å². The summed E-state index contributed by atoms with van der Waals surface area (Å²) in [4.78, 5) is 19.3. The second-order valence-corrected chi connectivity index (χ2v) is 7.28. The van der Waals surface area contributed by atoms with Gasteiger partial charge in [0.25, 0.3) is 5.88 Å². The van der Waals surface area contributed by atoms with Crippen LogP contribution in [0.3, 0.4) is 0 Å². The van der Waals surface area contributed by atoms with E-state index in [1.165, 1.54) is 19.2 Å². The van der Waals surface area contributed by atoms with Crippen LogP contribution in [-0.2, 0) is 21.3 Å². The number of hydrogen-bond donors (Lipinski definition) is 0. The first-order valence-electron chi connectivity index (χ1n) is 7.23. The zero-order valence-corrected chi connectivity index (χ0v) is 15.2. The molecule has 0 aliphatic rings. The van der Waals surface area contributed by atoms with E-state index in [4.69, 9.17) is 4.74 Å². The fourth-order valence-corrected chi connectivity index (χ4v) is 3.13. The van der Waals surface area contributed by atoms with Crippen molar-refractivity contribution < 1.29 is 35.3 Å². The highest BCUT2D eigenvalue weighted by molar-refractivity contribution is 7.88. The molecule has 0 amide bonds. The van der Waals surface area contributed by atoms with E-state index in [2.05, 4.69) is 14.2 Å². The normalized spacial score (nSPS) is 12.0. The van der Waals surface area contributed by atoms with Gasteiger partial charge in [-0.2, -0.15) is 26.6 Å². The number of nitrogens with zero attached hydrogens (tertiary/aromatic N) is 2. The van der Waals surface area contributed by atoms with E-state index in [-0.39, 0.29) is 11.6 Å². The summed E-state index contributed by atoms with van der Waals surface area (Å²) in [6.45, 7) is 3.28. The third-order valence-electron chi connectivity index (χ3n) is 2.95. The number of rotatable bonds is 6. The average Bonchev–Trinajstić information content (AvgIpc) is 2.97. The molecule has 0 N–H and O–H groups in total. The number of aryl methyl sites for hydroxylation is 1. The van der Waals surface area contributed by atoms with Gasteiger partial charge in [0.1, 0.15) is 5.01 Å². The molecule has 0 bridgehead atoms. The summed E-state index contributed by atoms with van der Waals surface area (Å²) in [5.74, 6) is -2.01. The Labute approximate surface area is 150 Å². The molecule has 26 heavy (non-hydrogen) atoms. The van der Waals surface area contributed by atoms with E-state index in [1.807, 2.05) is 6.92 Å². The number of carbonyl (C=O) groups is 1. The second-order valence-electron chi connectivity index (χ2n) is 4.75. The molecule has 0 fully saturated rings. The van der Waals surface area contributed by atoms with Crippen LogP contribution >= 0.6 is 11.3 Å². The van der Waals surface area contributed by atoms with Crippen LogP contribution in [0.25, 0.3) is 10.6 Å². The van der Waals surface area contributed by atoms with E-state index in [0.717, 1.165) is 0 Å². The van der Waals surface area contributed by atoms with Crippen molar-refractivity contribution in [2.45, 2.75) is 25.8 Å². The van der Waals surface area contributed by atoms with Gasteiger partial charge < -0.3 is 8.92 Å². The average molecular weight is 410 g/mol. The summed E-state index contributed by atoms with van der Waals surface area (Å²) in [5, 5.41) is 0.0949. The minimum Gasteiger partial charge on any atom is -0.462 e. The van der Waals surface area contributed by atoms with E-state index < -0.39 is 32.4 Å². The maximum atomic E-state index is 12.6. The smallest absolute Gasteiger partial charge is 0.462 e. The maximum absolute atomic E-state index is 12.6. The topological polar surface area (TPSA) is 95.4 Å². The molecule has 0 radical (unpaired) electrons. The van der Waals surface area contributed by atoms with Crippen molar-refractivity contribution in [2.75, 3.05) is 6.61 Å². The van der Waals surface area contributed by atoms with Crippen molar-refractivity contribution in [3.05, 3.63) is 28.9 Å². The van der Waals surface area contributed by atoms with Crippen molar-refractivity contribution >= 4 is 27.4 Å². The van der Waals surface area contributed by atoms with Crippen molar-refractivity contribution in [2.24, 2.45) is 0 Å². The fourth-order valence-electron chi connectivity index (χ4n) is 1.77. The van der Waals surface area contributed by atoms with Crippen molar-refractivity contribution in [3.63, 3.8) is 0 Å². The molecule has 2 aromatic rings. The highest BCUT2D eigenvalue weighted by Crippen LogP contribution is 2.36. The molecule has 2 aromatic heterocycles. The lowest BCUT2D eigenvalue weighted by molar-refractivity contribution is -0.0501. The highest BCUT2D eigenvalue weighted by Gasteiger charge is 2.49. The molecule has 2 rings (SSSR count). The van der Waals surface area contributed by atoms with Crippen LogP contribution in [0.4, 0.5) is 13.2 Å². The molecule has 0 aromatic carbocycles. The molecule has 0 aliphatic heterocycles. The minimum atomic E-state index is -5.98. The fraction of sp³-hybridized carbons (Fsp3) is 0.357. The van der Waals surface area contributed by atoms with E-state index >= 15 is 0 Å². The van der Waals surface area contributed by atoms with Gasteiger partial charge in [-0.3, -0.25) is 4.98 Å². The molecule has 0 saturated heterocycles. The molecule has 0 unspecified atom stereocenters. The van der Waals surface area contributed by atoms with E-state index in [0.29, 0.717) is 29.0 Å². The first-order chi connectivity index (χ1) is 12.1. The van der Waals surface area contributed by atoms with Crippen molar-refractivity contribution in [3.8, 4) is 16.5 Å². The van der Waals surface area contributed by atoms with Gasteiger partial charge in [-0.1, -0.05) is 6.92 Å². The van der Waals surface area contributed by atoms with E-state index in [9.17, 15) is 26.4 Å². The van der Waals surface area contributed by atoms with Gasteiger partial charge in [-0.05, 0) is 25.5 Å². The number of aromatic nitrogens is 2. The van der Waals surface area contributed by atoms with Crippen LogP contribution in [0.1, 0.15) is 29.2 Å². The Morgan fingerprint density at radius 3 is 2.58 bits per heavy atom. The number of esters is 1. The van der Waals surface area contributed by atoms with Crippen molar-refractivity contribution in [1.82, 2.24) is 9.97 Å². The summed E-state index contributed by atoms with van der Waals surface area (Å²) in [6.07, 6.45) is 2.06. The summed E-state index contributed by atoms with van der Waals surface area (Å²) in [6, 6.07) is 3.14. The Balaban J connectivity index is 2.52. The summed E-state index contributed by atoms with van der Waals surface area (Å²) < 4.78 is 69.0. The SMILES string of the molecule is CCOC(=O)c1sc(-c2ccnc(CC)c2)nc1OS(=O)(=O)C(F)(F)F. The summed E-state index contributed by atoms with van der Waals surface area (Å²) in [5.41, 5.74) is -4.53. The monoisotopic (exact) mass is 410 g/mol. The molecule has 0 aliphatic carbocycles. The number of alkyl halides is 3. The molecule has 2 heterocycles. The molecular weight excluding hydrogens is 397 g/mol. The quantitative estimate of drug-likeness (QED) is 0.410. The lowest BCUT2D eigenvalue weighted by atomic mass is 10.2. The Bertz CT molecular complexity index is 910. The zero-order valence-electron chi connectivity index (χ0n) is 13.5. The Hall–Kier alpha value is -2.21. The zero-order chi connectivity index (χ0) is 19.5. The molecule has 0 spiro atoms. The van der Waals surface area contributed by atoms with Gasteiger partial charge in [0, 0.05) is 17.5 Å². The molecule has 0 saturated carbocycles. The molecule has 7 nitrogen and oxygen atoms in total. The first-order valence-corrected chi connectivity index (χ1v) is 9.45. The lowest BCUT2D eigenvalue weighted by Crippen LogP contribution is -2.28. The van der Waals surface area contributed by atoms with Crippen LogP contribution < -0.4 is 4.18 Å². The number of ether oxygens (including phenoxy) is 1. The Morgan fingerprint density at radius 1 is 1.31 bits per heavy atom. The number of carbonyl (C=O) groups excluding carboxylic acids is 1. The Morgan fingerprint density at radius 2 is 2.00 bits per heavy atom. The maximum Gasteiger partial charge on any atom is 0.534 e. The molecule has 0 atom stereocenters. The van der Waals surface area contributed by atoms with Gasteiger partial charge in [0.05, 0.1) is 6.61 Å². The lowest BCUT2D eigenvalue weighted by Gasteiger charge is -2.08. The predicted molar refractivity (Wildman–Crippen MR) is 86.3 cm³/mol. The van der Waals surface area contributed by atoms with Gasteiger partial charge in [-0.25, -0.2) is 4.79 Å². The second kappa shape index (κ2) is 7.58. The first kappa shape index (κ1) is 20.1. The standard InChI is InChI=1S/C14H13F3N2O5S2/c1-3-9-7-8(5-6-18-9)12-19-11(10(25-12)13(20)23-4-2)24-26(21,22)14(15,16)17/h5-7H,3-4H2,1-2H3. The predicted octanol–water partition coefficient (Wildman–Crippen LogP) is 3.17. The minimum absolute atomic E-state index is 0.0627. The molecule has 12 heteroatoms. The Kier molecular flexibility index (Phi) is 5.86. The van der Waals surface area contributed by atoms with E-state index in [1.54, 1.807) is 6.07 Å².